The number of ether oxygens (including phenoxy) is 3. The highest BCUT2D eigenvalue weighted by molar-refractivity contribution is 5.95. The number of hydrogen-bond acceptors (Lipinski definition) is 7. The molecular weight excluding hydrogens is 264 g/mol. The van der Waals surface area contributed by atoms with E-state index in [-0.39, 0.29) is 19.8 Å². The predicted octanol–water partition coefficient (Wildman–Crippen LogP) is 0.155. The van der Waals surface area contributed by atoms with E-state index in [4.69, 9.17) is 25.2 Å². The largest absolute Gasteiger partial charge is 0.460 e. The van der Waals surface area contributed by atoms with Gasteiger partial charge in [0, 0.05) is 0 Å². The molecule has 1 aromatic carbocycles. The molecule has 0 aliphatic heterocycles. The van der Waals surface area contributed by atoms with Gasteiger partial charge in [-0.1, -0.05) is 12.1 Å². The molecule has 0 heterocycles. The van der Waals surface area contributed by atoms with Crippen LogP contribution in [0.15, 0.2) is 24.3 Å². The molecule has 1 aromatic rings. The number of carbonyl (C=O) groups is 1. The first-order chi connectivity index (χ1) is 9.79. The summed E-state index contributed by atoms with van der Waals surface area (Å²) in [5.41, 5.74) is 3.32. The van der Waals surface area contributed by atoms with Crippen molar-refractivity contribution in [1.29, 1.82) is 0 Å². The smallest absolute Gasteiger partial charge is 0.340 e. The van der Waals surface area contributed by atoms with Gasteiger partial charge in [0.1, 0.15) is 6.61 Å². The van der Waals surface area contributed by atoms with Gasteiger partial charge in [0.2, 0.25) is 0 Å². The number of hydrogen-bond donors (Lipinski definition) is 3. The fourth-order valence-corrected chi connectivity index (χ4v) is 1.44. The molecule has 1 rings (SSSR count). The Hall–Kier alpha value is -1.67. The summed E-state index contributed by atoms with van der Waals surface area (Å²) in [7, 11) is 0. The number of carbonyl (C=O) groups excluding carboxylic acids is 1. The summed E-state index contributed by atoms with van der Waals surface area (Å²) in [5.74, 6) is 4.85. The summed E-state index contributed by atoms with van der Waals surface area (Å²) in [6, 6.07) is 6.81. The monoisotopic (exact) mass is 284 g/mol. The zero-order valence-corrected chi connectivity index (χ0v) is 11.2. The molecule has 112 valence electrons. The maximum absolute atomic E-state index is 11.8. The number of benzene rings is 1. The van der Waals surface area contributed by atoms with Crippen molar-refractivity contribution >= 4 is 11.7 Å². The summed E-state index contributed by atoms with van der Waals surface area (Å²) < 4.78 is 15.3. The summed E-state index contributed by atoms with van der Waals surface area (Å²) in [6.07, 6.45) is 0. The number of nitrogens with one attached hydrogen (secondary N) is 1. The molecular formula is C13H20N2O5. The van der Waals surface area contributed by atoms with Crippen LogP contribution in [-0.4, -0.2) is 50.7 Å². The molecule has 0 amide bonds. The van der Waals surface area contributed by atoms with E-state index in [1.54, 1.807) is 24.3 Å². The predicted molar refractivity (Wildman–Crippen MR) is 73.3 cm³/mol. The molecule has 0 aromatic heterocycles. The van der Waals surface area contributed by atoms with E-state index in [1.807, 2.05) is 0 Å². The maximum atomic E-state index is 11.8. The molecule has 7 nitrogen and oxygen atoms in total. The first-order valence-corrected chi connectivity index (χ1v) is 6.28. The molecule has 0 bridgehead atoms. The lowest BCUT2D eigenvalue weighted by atomic mass is 10.2. The van der Waals surface area contributed by atoms with Gasteiger partial charge in [0.05, 0.1) is 44.3 Å². The molecule has 20 heavy (non-hydrogen) atoms. The lowest BCUT2D eigenvalue weighted by molar-refractivity contribution is 0.00924. The van der Waals surface area contributed by atoms with E-state index >= 15 is 0 Å². The Morgan fingerprint density at radius 3 is 2.45 bits per heavy atom. The number of nitrogens with two attached hydrogens (primary N) is 1. The Balaban J connectivity index is 2.17. The molecule has 0 aliphatic rings. The molecule has 0 saturated heterocycles. The van der Waals surface area contributed by atoms with E-state index in [1.165, 1.54) is 0 Å². The Bertz CT molecular complexity index is 400. The minimum absolute atomic E-state index is 0.00774. The van der Waals surface area contributed by atoms with Crippen molar-refractivity contribution in [3.63, 3.8) is 0 Å². The lowest BCUT2D eigenvalue weighted by Gasteiger charge is -2.09. The number of para-hydroxylation sites is 1. The van der Waals surface area contributed by atoms with Gasteiger partial charge in [-0.15, -0.1) is 0 Å². The lowest BCUT2D eigenvalue weighted by Crippen LogP contribution is -2.16. The Kier molecular flexibility index (Phi) is 8.32. The Labute approximate surface area is 117 Å². The average molecular weight is 284 g/mol. The summed E-state index contributed by atoms with van der Waals surface area (Å²) in [5, 5.41) is 8.48. The van der Waals surface area contributed by atoms with Gasteiger partial charge >= 0.3 is 5.97 Å². The quantitative estimate of drug-likeness (QED) is 0.243. The van der Waals surface area contributed by atoms with Crippen molar-refractivity contribution in [1.82, 2.24) is 0 Å². The van der Waals surface area contributed by atoms with Crippen molar-refractivity contribution in [2.24, 2.45) is 5.84 Å². The molecule has 4 N–H and O–H groups in total. The highest BCUT2D eigenvalue weighted by Crippen LogP contribution is 2.14. The van der Waals surface area contributed by atoms with Gasteiger partial charge < -0.3 is 24.7 Å². The minimum Gasteiger partial charge on any atom is -0.460 e. The number of aliphatic hydroxyl groups excluding tert-OH is 1. The van der Waals surface area contributed by atoms with Crippen LogP contribution in [0.1, 0.15) is 10.4 Å². The molecule has 0 spiro atoms. The first kappa shape index (κ1) is 16.4. The van der Waals surface area contributed by atoms with Crippen molar-refractivity contribution in [2.45, 2.75) is 0 Å². The van der Waals surface area contributed by atoms with Gasteiger partial charge in [-0.2, -0.15) is 0 Å². The fraction of sp³-hybridized carbons (Fsp3) is 0.462. The number of esters is 1. The van der Waals surface area contributed by atoms with Crippen molar-refractivity contribution in [3.8, 4) is 0 Å². The molecule has 0 fully saturated rings. The van der Waals surface area contributed by atoms with E-state index < -0.39 is 5.97 Å². The second-order valence-electron chi connectivity index (χ2n) is 3.77. The van der Waals surface area contributed by atoms with E-state index in [0.29, 0.717) is 31.1 Å². The molecule has 0 unspecified atom stereocenters. The third kappa shape index (κ3) is 5.98. The number of nitrogen functional groups attached to an aromatic ring is 1. The molecule has 0 radical (unpaired) electrons. The van der Waals surface area contributed by atoms with Crippen LogP contribution in [0.4, 0.5) is 5.69 Å². The summed E-state index contributed by atoms with van der Waals surface area (Å²) >= 11 is 0. The van der Waals surface area contributed by atoms with E-state index in [0.717, 1.165) is 0 Å². The van der Waals surface area contributed by atoms with Gasteiger partial charge in [-0.05, 0) is 12.1 Å². The highest BCUT2D eigenvalue weighted by atomic mass is 16.6. The highest BCUT2D eigenvalue weighted by Gasteiger charge is 2.11. The number of hydrazine groups is 1. The van der Waals surface area contributed by atoms with Crippen molar-refractivity contribution < 1.29 is 24.1 Å². The summed E-state index contributed by atoms with van der Waals surface area (Å²) in [6.45, 7) is 1.50. The number of aliphatic hydroxyl groups is 1. The van der Waals surface area contributed by atoms with Crippen LogP contribution in [0.5, 0.6) is 0 Å². The van der Waals surface area contributed by atoms with Crippen LogP contribution < -0.4 is 11.3 Å². The standard InChI is InChI=1S/C13H20N2O5/c14-15-12-4-2-1-3-11(12)13(17)20-10-9-19-8-7-18-6-5-16/h1-4,15-16H,5-10,14H2. The van der Waals surface area contributed by atoms with E-state index in [2.05, 4.69) is 5.43 Å². The van der Waals surface area contributed by atoms with E-state index in [9.17, 15) is 4.79 Å². The normalized spacial score (nSPS) is 10.3. The number of anilines is 1. The van der Waals surface area contributed by atoms with Crippen LogP contribution in [0.3, 0.4) is 0 Å². The third-order valence-corrected chi connectivity index (χ3v) is 2.37. The van der Waals surface area contributed by atoms with Crippen LogP contribution in [0.2, 0.25) is 0 Å². The summed E-state index contributed by atoms with van der Waals surface area (Å²) in [4.78, 5) is 11.8. The average Bonchev–Trinajstić information content (AvgIpc) is 2.49. The van der Waals surface area contributed by atoms with Crippen LogP contribution in [0, 0.1) is 0 Å². The number of rotatable bonds is 10. The van der Waals surface area contributed by atoms with Gasteiger partial charge in [-0.3, -0.25) is 5.84 Å². The third-order valence-electron chi connectivity index (χ3n) is 2.37. The van der Waals surface area contributed by atoms with Crippen LogP contribution >= 0.6 is 0 Å². The zero-order valence-electron chi connectivity index (χ0n) is 11.2. The zero-order chi connectivity index (χ0) is 14.6. The van der Waals surface area contributed by atoms with Crippen LogP contribution in [0.25, 0.3) is 0 Å². The minimum atomic E-state index is -0.460. The second kappa shape index (κ2) is 10.2. The second-order valence-corrected chi connectivity index (χ2v) is 3.77. The first-order valence-electron chi connectivity index (χ1n) is 6.28. The molecule has 0 aliphatic carbocycles. The SMILES string of the molecule is NNc1ccccc1C(=O)OCCOCCOCCO. The van der Waals surface area contributed by atoms with Crippen molar-refractivity contribution in [2.75, 3.05) is 45.1 Å². The van der Waals surface area contributed by atoms with Gasteiger partial charge in [0.15, 0.2) is 0 Å². The fourth-order valence-electron chi connectivity index (χ4n) is 1.44. The van der Waals surface area contributed by atoms with Crippen molar-refractivity contribution in [3.05, 3.63) is 29.8 Å². The maximum Gasteiger partial charge on any atom is 0.340 e. The molecule has 7 heteroatoms. The van der Waals surface area contributed by atoms with Gasteiger partial charge in [-0.25, -0.2) is 4.79 Å². The topological polar surface area (TPSA) is 103 Å². The molecule has 0 atom stereocenters. The van der Waals surface area contributed by atoms with Crippen LogP contribution in [-0.2, 0) is 14.2 Å². The Morgan fingerprint density at radius 1 is 1.10 bits per heavy atom. The Morgan fingerprint density at radius 2 is 1.75 bits per heavy atom. The van der Waals surface area contributed by atoms with Gasteiger partial charge in [0.25, 0.3) is 0 Å². The molecule has 0 saturated carbocycles.